The maximum atomic E-state index is 11.3. The third kappa shape index (κ3) is 20.9. The van der Waals surface area contributed by atoms with Crippen LogP contribution in [0.5, 0.6) is 0 Å². The molecule has 0 saturated heterocycles. The van der Waals surface area contributed by atoms with Crippen LogP contribution >= 0.6 is 0 Å². The van der Waals surface area contributed by atoms with E-state index in [1.807, 2.05) is 0 Å². The average molecular weight is 429 g/mol. The Morgan fingerprint density at radius 2 is 1.20 bits per heavy atom. The van der Waals surface area contributed by atoms with E-state index in [0.29, 0.717) is 25.8 Å². The summed E-state index contributed by atoms with van der Waals surface area (Å²) in [7, 11) is 0. The molecule has 0 aliphatic rings. The molecule has 0 unspecified atom stereocenters. The highest BCUT2D eigenvalue weighted by Crippen LogP contribution is 2.13. The number of rotatable bonds is 22. The maximum Gasteiger partial charge on any atom is 0.320 e. The molecule has 0 heterocycles. The first-order valence-electron chi connectivity index (χ1n) is 11.7. The second-order valence-electron chi connectivity index (χ2n) is 8.03. The number of aliphatic imine (C=N–C) groups is 1. The lowest BCUT2D eigenvalue weighted by atomic mass is 10.0. The number of carbonyl (C=O) groups is 2. The lowest BCUT2D eigenvalue weighted by Crippen LogP contribution is -2.37. The molecule has 0 aromatic heterocycles. The van der Waals surface area contributed by atoms with Crippen molar-refractivity contribution in [2.24, 2.45) is 16.5 Å². The number of guanidine groups is 1. The topological polar surface area (TPSA) is 151 Å². The van der Waals surface area contributed by atoms with Crippen molar-refractivity contribution in [2.45, 2.75) is 109 Å². The van der Waals surface area contributed by atoms with Crippen LogP contribution in [-0.2, 0) is 9.59 Å². The number of nitrogens with two attached hydrogens (primary N) is 2. The van der Waals surface area contributed by atoms with E-state index in [1.165, 1.54) is 51.4 Å². The Morgan fingerprint density at radius 3 is 1.63 bits per heavy atom. The van der Waals surface area contributed by atoms with E-state index in [4.69, 9.17) is 16.6 Å². The molecule has 176 valence electrons. The largest absolute Gasteiger partial charge is 0.481 e. The maximum absolute atomic E-state index is 11.3. The molecule has 0 bridgehead atoms. The first-order chi connectivity index (χ1) is 14.4. The van der Waals surface area contributed by atoms with Crippen LogP contribution < -0.4 is 16.8 Å². The Hall–Kier alpha value is -1.83. The zero-order valence-corrected chi connectivity index (χ0v) is 18.6. The molecule has 1 atom stereocenters. The Labute approximate surface area is 181 Å². The number of aliphatic carboxylic acids is 2. The van der Waals surface area contributed by atoms with Crippen LogP contribution in [0.1, 0.15) is 103 Å². The van der Waals surface area contributed by atoms with Gasteiger partial charge in [0.1, 0.15) is 6.04 Å². The van der Waals surface area contributed by atoms with Gasteiger partial charge < -0.3 is 27.0 Å². The van der Waals surface area contributed by atoms with E-state index in [-0.39, 0.29) is 5.96 Å². The normalized spacial score (nSPS) is 11.9. The van der Waals surface area contributed by atoms with E-state index in [1.54, 1.807) is 0 Å². The molecule has 0 rings (SSSR count). The first kappa shape index (κ1) is 28.2. The van der Waals surface area contributed by atoms with Crippen molar-refractivity contribution in [3.05, 3.63) is 0 Å². The van der Waals surface area contributed by atoms with Crippen molar-refractivity contribution in [1.29, 1.82) is 0 Å². The molecule has 0 aliphatic carbocycles. The van der Waals surface area contributed by atoms with Crippen molar-refractivity contribution in [3.8, 4) is 0 Å². The van der Waals surface area contributed by atoms with Gasteiger partial charge in [-0.15, -0.1) is 0 Å². The lowest BCUT2D eigenvalue weighted by Gasteiger charge is -2.13. The minimum Gasteiger partial charge on any atom is -0.481 e. The summed E-state index contributed by atoms with van der Waals surface area (Å²) in [5.74, 6) is -1.47. The van der Waals surface area contributed by atoms with Gasteiger partial charge in [0, 0.05) is 13.0 Å². The van der Waals surface area contributed by atoms with Crippen LogP contribution in [0.3, 0.4) is 0 Å². The van der Waals surface area contributed by atoms with Crippen LogP contribution in [0, 0.1) is 0 Å². The lowest BCUT2D eigenvalue weighted by molar-refractivity contribution is -0.140. The number of unbranched alkanes of at least 4 members (excludes halogenated alkanes) is 12. The standard InChI is InChI=1S/C22H44N4O4/c23-22(24)26-18-14-15-19(21(29)30)25-17-13-11-9-7-5-3-1-2-4-6-8-10-12-16-20(27)28/h19,25H,1-18H2,(H,27,28)(H,29,30)(H4,23,24,26)/t19-/m0/s1. The molecule has 0 aliphatic heterocycles. The molecule has 0 fully saturated rings. The summed E-state index contributed by atoms with van der Waals surface area (Å²) < 4.78 is 0. The Kier molecular flexibility index (Phi) is 19.2. The third-order valence-electron chi connectivity index (χ3n) is 5.20. The van der Waals surface area contributed by atoms with Crippen LogP contribution in [-0.4, -0.2) is 47.2 Å². The zero-order valence-electron chi connectivity index (χ0n) is 18.6. The van der Waals surface area contributed by atoms with Crippen LogP contribution in [0.25, 0.3) is 0 Å². The summed E-state index contributed by atoms with van der Waals surface area (Å²) in [6.45, 7) is 1.19. The van der Waals surface area contributed by atoms with Gasteiger partial charge in [0.25, 0.3) is 0 Å². The van der Waals surface area contributed by atoms with Gasteiger partial charge in [-0.3, -0.25) is 14.6 Å². The molecular formula is C22H44N4O4. The van der Waals surface area contributed by atoms with Crippen molar-refractivity contribution in [1.82, 2.24) is 5.32 Å². The van der Waals surface area contributed by atoms with E-state index < -0.39 is 18.0 Å². The fourth-order valence-corrected chi connectivity index (χ4v) is 3.44. The molecule has 0 amide bonds. The molecule has 0 aromatic rings. The van der Waals surface area contributed by atoms with E-state index in [2.05, 4.69) is 10.3 Å². The number of nitrogens with zero attached hydrogens (tertiary/aromatic N) is 1. The predicted molar refractivity (Wildman–Crippen MR) is 122 cm³/mol. The van der Waals surface area contributed by atoms with Crippen LogP contribution in [0.4, 0.5) is 0 Å². The number of hydrogen-bond acceptors (Lipinski definition) is 4. The highest BCUT2D eigenvalue weighted by Gasteiger charge is 2.15. The summed E-state index contributed by atoms with van der Waals surface area (Å²) in [5.41, 5.74) is 10.5. The van der Waals surface area contributed by atoms with Gasteiger partial charge in [0.05, 0.1) is 0 Å². The minimum absolute atomic E-state index is 0.0415. The van der Waals surface area contributed by atoms with E-state index in [9.17, 15) is 14.7 Å². The number of nitrogens with one attached hydrogen (secondary N) is 1. The minimum atomic E-state index is -0.819. The van der Waals surface area contributed by atoms with Crippen LogP contribution in [0.2, 0.25) is 0 Å². The fraction of sp³-hybridized carbons (Fsp3) is 0.864. The molecule has 0 spiro atoms. The molecule has 7 N–H and O–H groups in total. The quantitative estimate of drug-likeness (QED) is 0.100. The summed E-state index contributed by atoms with van der Waals surface area (Å²) in [6, 6.07) is -0.531. The number of hydrogen-bond donors (Lipinski definition) is 5. The summed E-state index contributed by atoms with van der Waals surface area (Å²) in [4.78, 5) is 25.5. The van der Waals surface area contributed by atoms with Gasteiger partial charge in [0.15, 0.2) is 5.96 Å². The van der Waals surface area contributed by atoms with Gasteiger partial charge in [0.2, 0.25) is 0 Å². The fourth-order valence-electron chi connectivity index (χ4n) is 3.44. The van der Waals surface area contributed by atoms with E-state index in [0.717, 1.165) is 38.6 Å². The summed E-state index contributed by atoms with van der Waals surface area (Å²) >= 11 is 0. The monoisotopic (exact) mass is 428 g/mol. The van der Waals surface area contributed by atoms with E-state index >= 15 is 0 Å². The average Bonchev–Trinajstić information content (AvgIpc) is 2.68. The molecule has 0 saturated carbocycles. The molecule has 30 heavy (non-hydrogen) atoms. The zero-order chi connectivity index (χ0) is 22.5. The van der Waals surface area contributed by atoms with Gasteiger partial charge in [-0.25, -0.2) is 0 Å². The third-order valence-corrected chi connectivity index (χ3v) is 5.20. The van der Waals surface area contributed by atoms with Crippen molar-refractivity contribution in [2.75, 3.05) is 13.1 Å². The van der Waals surface area contributed by atoms with Gasteiger partial charge >= 0.3 is 11.9 Å². The predicted octanol–water partition coefficient (Wildman–Crippen LogP) is 3.63. The second-order valence-corrected chi connectivity index (χ2v) is 8.03. The molecule has 8 heteroatoms. The first-order valence-corrected chi connectivity index (χ1v) is 11.7. The van der Waals surface area contributed by atoms with Gasteiger partial charge in [-0.1, -0.05) is 70.6 Å². The molecule has 0 aromatic carbocycles. The molecule has 8 nitrogen and oxygen atoms in total. The molecule has 0 radical (unpaired) electrons. The Balaban J connectivity index is 3.38. The van der Waals surface area contributed by atoms with Crippen molar-refractivity contribution in [3.63, 3.8) is 0 Å². The Morgan fingerprint density at radius 1 is 0.733 bits per heavy atom. The summed E-state index contributed by atoms with van der Waals surface area (Å²) in [5, 5.41) is 20.9. The SMILES string of the molecule is NC(N)=NCCC[C@H](NCCCCCCCCCCCCCCCC(=O)O)C(=O)O. The Bertz CT molecular complexity index is 468. The second kappa shape index (κ2) is 20.4. The van der Waals surface area contributed by atoms with Crippen molar-refractivity contribution < 1.29 is 19.8 Å². The number of carboxylic acid groups (broad SMARTS) is 2. The smallest absolute Gasteiger partial charge is 0.320 e. The summed E-state index contributed by atoms with van der Waals surface area (Å²) in [6.07, 6.45) is 16.6. The highest BCUT2D eigenvalue weighted by atomic mass is 16.4. The highest BCUT2D eigenvalue weighted by molar-refractivity contribution is 5.75. The van der Waals surface area contributed by atoms with Gasteiger partial charge in [-0.2, -0.15) is 0 Å². The van der Waals surface area contributed by atoms with Crippen LogP contribution in [0.15, 0.2) is 4.99 Å². The van der Waals surface area contributed by atoms with Gasteiger partial charge in [-0.05, 0) is 32.2 Å². The number of carboxylic acids is 2. The van der Waals surface area contributed by atoms with Crippen molar-refractivity contribution >= 4 is 17.9 Å². The molecular weight excluding hydrogens is 384 g/mol.